The number of rotatable bonds is 7. The summed E-state index contributed by atoms with van der Waals surface area (Å²) in [5.74, 6) is -3.90. The van der Waals surface area contributed by atoms with Gasteiger partial charge in [0.15, 0.2) is 23.4 Å². The Balaban J connectivity index is 1.78. The number of halogens is 3. The Morgan fingerprint density at radius 1 is 1.04 bits per heavy atom. The van der Waals surface area contributed by atoms with E-state index in [0.29, 0.717) is 12.5 Å². The molecular formula is C19H21F3N4O2. The van der Waals surface area contributed by atoms with Crippen LogP contribution in [0.2, 0.25) is 0 Å². The zero-order valence-electron chi connectivity index (χ0n) is 15.5. The second-order valence-corrected chi connectivity index (χ2v) is 5.72. The molecular weight excluding hydrogens is 373 g/mol. The molecule has 6 nitrogen and oxygen atoms in total. The SMILES string of the molecule is CN=C(NCCc1ccc(OC)cc1)NCC(=O)Nc1ccc(F)c(F)c1F. The first kappa shape index (κ1) is 21.1. The molecule has 2 aromatic carbocycles. The van der Waals surface area contributed by atoms with Gasteiger partial charge in [-0.15, -0.1) is 0 Å². The molecule has 0 atom stereocenters. The fourth-order valence-corrected chi connectivity index (χ4v) is 2.32. The van der Waals surface area contributed by atoms with Crippen molar-refractivity contribution in [2.75, 3.05) is 32.6 Å². The van der Waals surface area contributed by atoms with Gasteiger partial charge in [-0.2, -0.15) is 0 Å². The molecule has 1 amide bonds. The van der Waals surface area contributed by atoms with Gasteiger partial charge >= 0.3 is 0 Å². The van der Waals surface area contributed by atoms with Gasteiger partial charge in [0.1, 0.15) is 5.75 Å². The highest BCUT2D eigenvalue weighted by Crippen LogP contribution is 2.19. The van der Waals surface area contributed by atoms with Crippen LogP contribution in [0.15, 0.2) is 41.4 Å². The summed E-state index contributed by atoms with van der Waals surface area (Å²) < 4.78 is 44.8. The van der Waals surface area contributed by atoms with Crippen LogP contribution >= 0.6 is 0 Å². The van der Waals surface area contributed by atoms with Crippen molar-refractivity contribution in [3.8, 4) is 5.75 Å². The van der Waals surface area contributed by atoms with Crippen molar-refractivity contribution in [1.29, 1.82) is 0 Å². The zero-order valence-corrected chi connectivity index (χ0v) is 15.5. The number of carbonyl (C=O) groups excluding carboxylic acids is 1. The van der Waals surface area contributed by atoms with Crippen LogP contribution in [0, 0.1) is 17.5 Å². The van der Waals surface area contributed by atoms with Crippen LogP contribution in [0.3, 0.4) is 0 Å². The van der Waals surface area contributed by atoms with Crippen molar-refractivity contribution < 1.29 is 22.7 Å². The second-order valence-electron chi connectivity index (χ2n) is 5.72. The van der Waals surface area contributed by atoms with Gasteiger partial charge in [0.25, 0.3) is 0 Å². The summed E-state index contributed by atoms with van der Waals surface area (Å²) in [6.45, 7) is 0.325. The Morgan fingerprint density at radius 2 is 1.75 bits per heavy atom. The quantitative estimate of drug-likeness (QED) is 0.383. The van der Waals surface area contributed by atoms with Gasteiger partial charge in [-0.3, -0.25) is 9.79 Å². The topological polar surface area (TPSA) is 74.8 Å². The van der Waals surface area contributed by atoms with Crippen molar-refractivity contribution in [1.82, 2.24) is 10.6 Å². The van der Waals surface area contributed by atoms with Crippen LogP contribution in [-0.2, 0) is 11.2 Å². The number of hydrogen-bond donors (Lipinski definition) is 3. The summed E-state index contributed by atoms with van der Waals surface area (Å²) in [6, 6.07) is 9.31. The van der Waals surface area contributed by atoms with Gasteiger partial charge in [-0.1, -0.05) is 12.1 Å². The highest BCUT2D eigenvalue weighted by Gasteiger charge is 2.15. The van der Waals surface area contributed by atoms with Gasteiger partial charge in [0.2, 0.25) is 5.91 Å². The van der Waals surface area contributed by atoms with Crippen LogP contribution in [0.5, 0.6) is 5.75 Å². The van der Waals surface area contributed by atoms with Crippen molar-refractivity contribution >= 4 is 17.6 Å². The molecule has 0 aliphatic heterocycles. The average molecular weight is 394 g/mol. The zero-order chi connectivity index (χ0) is 20.5. The number of carbonyl (C=O) groups is 1. The average Bonchev–Trinajstić information content (AvgIpc) is 2.71. The normalized spacial score (nSPS) is 11.1. The molecule has 0 radical (unpaired) electrons. The molecule has 0 saturated heterocycles. The van der Waals surface area contributed by atoms with Gasteiger partial charge < -0.3 is 20.7 Å². The minimum atomic E-state index is -1.64. The van der Waals surface area contributed by atoms with Crippen molar-refractivity contribution in [3.05, 3.63) is 59.4 Å². The highest BCUT2D eigenvalue weighted by atomic mass is 19.2. The lowest BCUT2D eigenvalue weighted by atomic mass is 10.1. The van der Waals surface area contributed by atoms with E-state index in [1.807, 2.05) is 24.3 Å². The third kappa shape index (κ3) is 5.90. The van der Waals surface area contributed by atoms with E-state index < -0.39 is 29.0 Å². The minimum absolute atomic E-state index is 0.235. The molecule has 0 unspecified atom stereocenters. The van der Waals surface area contributed by atoms with E-state index in [0.717, 1.165) is 29.9 Å². The van der Waals surface area contributed by atoms with Gasteiger partial charge in [-0.25, -0.2) is 13.2 Å². The lowest BCUT2D eigenvalue weighted by Crippen LogP contribution is -2.42. The Hall–Kier alpha value is -3.23. The predicted octanol–water partition coefficient (Wildman–Crippen LogP) is 2.46. The fourth-order valence-electron chi connectivity index (χ4n) is 2.32. The predicted molar refractivity (Wildman–Crippen MR) is 101 cm³/mol. The molecule has 150 valence electrons. The second kappa shape index (κ2) is 10.2. The molecule has 2 aromatic rings. The summed E-state index contributed by atoms with van der Waals surface area (Å²) in [7, 11) is 3.14. The van der Waals surface area contributed by atoms with Crippen LogP contribution in [0.4, 0.5) is 18.9 Å². The van der Waals surface area contributed by atoms with Crippen LogP contribution in [0.25, 0.3) is 0 Å². The van der Waals surface area contributed by atoms with E-state index in [-0.39, 0.29) is 6.54 Å². The number of methoxy groups -OCH3 is 1. The van der Waals surface area contributed by atoms with E-state index in [1.165, 1.54) is 7.05 Å². The van der Waals surface area contributed by atoms with Crippen molar-refractivity contribution in [2.45, 2.75) is 6.42 Å². The maximum absolute atomic E-state index is 13.6. The third-order valence-corrected chi connectivity index (χ3v) is 3.81. The van der Waals surface area contributed by atoms with Gasteiger partial charge in [-0.05, 0) is 36.2 Å². The fraction of sp³-hybridized carbons (Fsp3) is 0.263. The highest BCUT2D eigenvalue weighted by molar-refractivity contribution is 5.95. The summed E-state index contributed by atoms with van der Waals surface area (Å²) in [4.78, 5) is 15.9. The summed E-state index contributed by atoms with van der Waals surface area (Å²) >= 11 is 0. The summed E-state index contributed by atoms with van der Waals surface area (Å²) in [5.41, 5.74) is 0.656. The Kier molecular flexibility index (Phi) is 7.67. The molecule has 0 aliphatic carbocycles. The Morgan fingerprint density at radius 3 is 2.39 bits per heavy atom. The molecule has 0 bridgehead atoms. The number of aliphatic imine (C=N–C) groups is 1. The number of nitrogens with zero attached hydrogens (tertiary/aromatic N) is 1. The van der Waals surface area contributed by atoms with E-state index in [1.54, 1.807) is 7.11 Å². The minimum Gasteiger partial charge on any atom is -0.497 e. The molecule has 3 N–H and O–H groups in total. The third-order valence-electron chi connectivity index (χ3n) is 3.81. The Labute approximate surface area is 160 Å². The van der Waals surface area contributed by atoms with Gasteiger partial charge in [0.05, 0.1) is 19.3 Å². The molecule has 0 spiro atoms. The monoisotopic (exact) mass is 394 g/mol. The van der Waals surface area contributed by atoms with E-state index in [4.69, 9.17) is 4.74 Å². The number of benzene rings is 2. The molecule has 0 heterocycles. The summed E-state index contributed by atoms with van der Waals surface area (Å²) in [5, 5.41) is 7.97. The maximum atomic E-state index is 13.6. The number of amides is 1. The first-order valence-electron chi connectivity index (χ1n) is 8.45. The number of hydrogen-bond acceptors (Lipinski definition) is 3. The molecule has 0 fully saturated rings. The maximum Gasteiger partial charge on any atom is 0.243 e. The largest absolute Gasteiger partial charge is 0.497 e. The van der Waals surface area contributed by atoms with Crippen molar-refractivity contribution in [2.24, 2.45) is 4.99 Å². The van der Waals surface area contributed by atoms with Crippen LogP contribution in [0.1, 0.15) is 5.56 Å². The van der Waals surface area contributed by atoms with Gasteiger partial charge in [0, 0.05) is 13.6 Å². The molecule has 2 rings (SSSR count). The molecule has 0 aliphatic rings. The molecule has 28 heavy (non-hydrogen) atoms. The van der Waals surface area contributed by atoms with E-state index >= 15 is 0 Å². The first-order valence-corrected chi connectivity index (χ1v) is 8.45. The standard InChI is InChI=1S/C19H21F3N4O2/c1-23-19(24-10-9-12-3-5-13(28-2)6-4-12)25-11-16(27)26-15-8-7-14(20)17(21)18(15)22/h3-8H,9-11H2,1-2H3,(H,26,27)(H2,23,24,25). The smallest absolute Gasteiger partial charge is 0.243 e. The van der Waals surface area contributed by atoms with Crippen LogP contribution < -0.4 is 20.7 Å². The van der Waals surface area contributed by atoms with Crippen molar-refractivity contribution in [3.63, 3.8) is 0 Å². The molecule has 0 aromatic heterocycles. The first-order chi connectivity index (χ1) is 13.4. The number of guanidine groups is 1. The van der Waals surface area contributed by atoms with Crippen LogP contribution in [-0.4, -0.2) is 39.1 Å². The Bertz CT molecular complexity index is 842. The van der Waals surface area contributed by atoms with E-state index in [9.17, 15) is 18.0 Å². The molecule has 0 saturated carbocycles. The van der Waals surface area contributed by atoms with E-state index in [2.05, 4.69) is 20.9 Å². The molecule has 9 heteroatoms. The lowest BCUT2D eigenvalue weighted by Gasteiger charge is -2.12. The lowest BCUT2D eigenvalue weighted by molar-refractivity contribution is -0.115. The number of nitrogens with one attached hydrogen (secondary N) is 3. The summed E-state index contributed by atoms with van der Waals surface area (Å²) in [6.07, 6.45) is 0.719. The number of anilines is 1. The number of ether oxygens (including phenoxy) is 1.